The number of benzene rings is 3. The first-order valence-electron chi connectivity index (χ1n) is 15.4. The van der Waals surface area contributed by atoms with Crippen molar-refractivity contribution < 1.29 is 22.7 Å². The van der Waals surface area contributed by atoms with Crippen molar-refractivity contribution >= 4 is 50.7 Å². The first-order chi connectivity index (χ1) is 21.5. The van der Waals surface area contributed by atoms with Crippen LogP contribution < -0.4 is 14.4 Å². The molecule has 4 rings (SSSR count). The quantitative estimate of drug-likeness (QED) is 0.208. The number of amides is 2. The van der Waals surface area contributed by atoms with Crippen molar-refractivity contribution in [1.82, 2.24) is 10.2 Å². The second-order valence-corrected chi connectivity index (χ2v) is 13.9. The van der Waals surface area contributed by atoms with Gasteiger partial charge in [-0.2, -0.15) is 0 Å². The van der Waals surface area contributed by atoms with E-state index in [1.165, 1.54) is 17.0 Å². The summed E-state index contributed by atoms with van der Waals surface area (Å²) in [5.74, 6) is -0.309. The summed E-state index contributed by atoms with van der Waals surface area (Å²) in [6.07, 6.45) is 5.28. The molecule has 0 aliphatic heterocycles. The van der Waals surface area contributed by atoms with Crippen LogP contribution in [0.5, 0.6) is 5.75 Å². The lowest BCUT2D eigenvalue weighted by Crippen LogP contribution is -2.54. The lowest BCUT2D eigenvalue weighted by molar-refractivity contribution is -0.140. The van der Waals surface area contributed by atoms with Crippen LogP contribution in [-0.4, -0.2) is 50.4 Å². The van der Waals surface area contributed by atoms with Crippen molar-refractivity contribution in [3.05, 3.63) is 87.9 Å². The molecule has 0 aromatic heterocycles. The molecule has 3 aromatic rings. The predicted octanol–water partition coefficient (Wildman–Crippen LogP) is 7.15. The number of rotatable bonds is 13. The minimum atomic E-state index is -4.21. The summed E-state index contributed by atoms with van der Waals surface area (Å²) in [5.41, 5.74) is 1.73. The molecule has 1 atom stereocenters. The van der Waals surface area contributed by atoms with Gasteiger partial charge in [-0.25, -0.2) is 8.42 Å². The van der Waals surface area contributed by atoms with Gasteiger partial charge in [-0.3, -0.25) is 13.9 Å². The molecule has 1 saturated carbocycles. The number of sulfonamides is 1. The molecular formula is C34H41Cl2N3O5S. The number of nitrogens with one attached hydrogen (secondary N) is 1. The van der Waals surface area contributed by atoms with Crippen LogP contribution in [0, 0.1) is 6.92 Å². The highest BCUT2D eigenvalue weighted by atomic mass is 35.5. The Kier molecular flexibility index (Phi) is 12.2. The van der Waals surface area contributed by atoms with E-state index in [1.807, 2.05) is 20.8 Å². The highest BCUT2D eigenvalue weighted by molar-refractivity contribution is 7.92. The number of hydrogen-bond acceptors (Lipinski definition) is 5. The van der Waals surface area contributed by atoms with E-state index in [2.05, 4.69) is 5.32 Å². The van der Waals surface area contributed by atoms with E-state index in [0.717, 1.165) is 42.0 Å². The number of carbonyl (C=O) groups excluding carboxylic acids is 2. The summed E-state index contributed by atoms with van der Waals surface area (Å²) in [5, 5.41) is 3.84. The SMILES string of the molecule is CCOc1ccc(S(=O)(=O)N(CC(=O)N(Cc2c(Cl)cccc2Cl)[C@@H](CC)C(=O)NC2CCCCC2)c2ccc(C)cc2)cc1. The van der Waals surface area contributed by atoms with Gasteiger partial charge in [0, 0.05) is 28.2 Å². The Balaban J connectivity index is 1.73. The lowest BCUT2D eigenvalue weighted by atomic mass is 9.95. The van der Waals surface area contributed by atoms with Crippen LogP contribution in [0.25, 0.3) is 0 Å². The van der Waals surface area contributed by atoms with E-state index in [0.29, 0.717) is 40.1 Å². The number of ether oxygens (including phenoxy) is 1. The maximum absolute atomic E-state index is 14.4. The van der Waals surface area contributed by atoms with Gasteiger partial charge in [-0.15, -0.1) is 0 Å². The van der Waals surface area contributed by atoms with Crippen LogP contribution in [0.1, 0.15) is 63.5 Å². The fraction of sp³-hybridized carbons (Fsp3) is 0.412. The van der Waals surface area contributed by atoms with Gasteiger partial charge in [0.1, 0.15) is 18.3 Å². The number of aryl methyl sites for hydroxylation is 1. The Morgan fingerprint density at radius 3 is 2.13 bits per heavy atom. The summed E-state index contributed by atoms with van der Waals surface area (Å²) in [4.78, 5) is 29.5. The van der Waals surface area contributed by atoms with Gasteiger partial charge in [0.15, 0.2) is 0 Å². The Morgan fingerprint density at radius 1 is 0.933 bits per heavy atom. The van der Waals surface area contributed by atoms with Gasteiger partial charge in [0.2, 0.25) is 11.8 Å². The summed E-state index contributed by atoms with van der Waals surface area (Å²) < 4.78 is 34.9. The molecule has 3 aromatic carbocycles. The molecule has 0 heterocycles. The zero-order valence-electron chi connectivity index (χ0n) is 26.0. The third kappa shape index (κ3) is 8.71. The molecule has 1 N–H and O–H groups in total. The molecule has 8 nitrogen and oxygen atoms in total. The second-order valence-electron chi connectivity index (χ2n) is 11.2. The van der Waals surface area contributed by atoms with Gasteiger partial charge in [-0.1, -0.05) is 73.2 Å². The summed E-state index contributed by atoms with van der Waals surface area (Å²) >= 11 is 13.1. The molecule has 45 heavy (non-hydrogen) atoms. The Labute approximate surface area is 276 Å². The molecule has 0 bridgehead atoms. The van der Waals surface area contributed by atoms with E-state index in [1.54, 1.807) is 54.6 Å². The van der Waals surface area contributed by atoms with Crippen molar-refractivity contribution in [3.63, 3.8) is 0 Å². The molecule has 1 fully saturated rings. The van der Waals surface area contributed by atoms with E-state index in [-0.39, 0.29) is 23.4 Å². The standard InChI is InChI=1S/C34H41Cl2N3O5S/c1-4-32(34(41)37-25-10-7-6-8-11-25)38(22-29-30(35)12-9-13-31(29)36)33(40)23-39(26-16-14-24(3)15-17-26)45(42,43)28-20-18-27(19-21-28)44-5-2/h9,12-21,25,32H,4-8,10-11,22-23H2,1-3H3,(H,37,41)/t32-/m0/s1. The van der Waals surface area contributed by atoms with Crippen LogP contribution in [0.2, 0.25) is 10.0 Å². The van der Waals surface area contributed by atoms with Crippen LogP contribution in [-0.2, 0) is 26.2 Å². The Morgan fingerprint density at radius 2 is 1.56 bits per heavy atom. The molecule has 0 spiro atoms. The first-order valence-corrected chi connectivity index (χ1v) is 17.6. The third-order valence-electron chi connectivity index (χ3n) is 8.05. The normalized spacial score (nSPS) is 14.4. The van der Waals surface area contributed by atoms with E-state index in [9.17, 15) is 18.0 Å². The van der Waals surface area contributed by atoms with Crippen molar-refractivity contribution in [2.24, 2.45) is 0 Å². The number of hydrogen-bond donors (Lipinski definition) is 1. The lowest BCUT2D eigenvalue weighted by Gasteiger charge is -2.34. The smallest absolute Gasteiger partial charge is 0.264 e. The highest BCUT2D eigenvalue weighted by Gasteiger charge is 2.35. The number of carbonyl (C=O) groups is 2. The summed E-state index contributed by atoms with van der Waals surface area (Å²) in [7, 11) is -4.21. The second kappa shape index (κ2) is 15.8. The zero-order chi connectivity index (χ0) is 32.6. The highest BCUT2D eigenvalue weighted by Crippen LogP contribution is 2.30. The number of halogens is 2. The average molecular weight is 675 g/mol. The molecule has 242 valence electrons. The van der Waals surface area contributed by atoms with Crippen LogP contribution in [0.4, 0.5) is 5.69 Å². The molecule has 1 aliphatic carbocycles. The van der Waals surface area contributed by atoms with E-state index < -0.39 is 28.5 Å². The largest absolute Gasteiger partial charge is 0.494 e. The number of anilines is 1. The molecule has 0 unspecified atom stereocenters. The van der Waals surface area contributed by atoms with Gasteiger partial charge < -0.3 is 15.0 Å². The maximum Gasteiger partial charge on any atom is 0.264 e. The summed E-state index contributed by atoms with van der Waals surface area (Å²) in [6, 6.07) is 17.2. The molecule has 11 heteroatoms. The monoisotopic (exact) mass is 673 g/mol. The van der Waals surface area contributed by atoms with Gasteiger partial charge in [0.05, 0.1) is 17.2 Å². The van der Waals surface area contributed by atoms with Crippen LogP contribution in [0.3, 0.4) is 0 Å². The maximum atomic E-state index is 14.4. The summed E-state index contributed by atoms with van der Waals surface area (Å²) in [6.45, 7) is 5.39. The van der Waals surface area contributed by atoms with Crippen LogP contribution >= 0.6 is 23.2 Å². The number of nitrogens with zero attached hydrogens (tertiary/aromatic N) is 2. The van der Waals surface area contributed by atoms with E-state index in [4.69, 9.17) is 27.9 Å². The molecular weight excluding hydrogens is 633 g/mol. The molecule has 0 radical (unpaired) electrons. The zero-order valence-corrected chi connectivity index (χ0v) is 28.3. The van der Waals surface area contributed by atoms with Crippen LogP contribution in [0.15, 0.2) is 71.6 Å². The first kappa shape index (κ1) is 34.6. The predicted molar refractivity (Wildman–Crippen MR) is 179 cm³/mol. The molecule has 0 saturated heterocycles. The van der Waals surface area contributed by atoms with Crippen molar-refractivity contribution in [2.45, 2.75) is 82.8 Å². The van der Waals surface area contributed by atoms with Gasteiger partial charge in [-0.05, 0) is 81.6 Å². The Hall–Kier alpha value is -3.27. The minimum Gasteiger partial charge on any atom is -0.494 e. The van der Waals surface area contributed by atoms with Gasteiger partial charge >= 0.3 is 0 Å². The fourth-order valence-electron chi connectivity index (χ4n) is 5.56. The molecule has 2 amide bonds. The minimum absolute atomic E-state index is 0.00195. The topological polar surface area (TPSA) is 96.0 Å². The Bertz CT molecular complexity index is 1540. The van der Waals surface area contributed by atoms with Crippen molar-refractivity contribution in [1.29, 1.82) is 0 Å². The van der Waals surface area contributed by atoms with E-state index >= 15 is 0 Å². The van der Waals surface area contributed by atoms with Crippen molar-refractivity contribution in [2.75, 3.05) is 17.5 Å². The van der Waals surface area contributed by atoms with Gasteiger partial charge in [0.25, 0.3) is 10.0 Å². The fourth-order valence-corrected chi connectivity index (χ4v) is 7.49. The van der Waals surface area contributed by atoms with Crippen molar-refractivity contribution in [3.8, 4) is 5.75 Å². The third-order valence-corrected chi connectivity index (χ3v) is 10.5. The molecule has 1 aliphatic rings. The average Bonchev–Trinajstić information content (AvgIpc) is 3.02.